The molecule has 0 spiro atoms. The second-order valence-electron chi connectivity index (χ2n) is 4.21. The van der Waals surface area contributed by atoms with Gasteiger partial charge in [-0.3, -0.25) is 0 Å². The van der Waals surface area contributed by atoms with Crippen LogP contribution in [-0.2, 0) is 4.79 Å². The van der Waals surface area contributed by atoms with Gasteiger partial charge in [-0.05, 0) is 74.1 Å². The molecule has 0 amide bonds. The van der Waals surface area contributed by atoms with Crippen LogP contribution in [0.4, 0.5) is 0 Å². The highest BCUT2D eigenvalue weighted by Crippen LogP contribution is 2.26. The number of benzene rings is 1. The van der Waals surface area contributed by atoms with Gasteiger partial charge in [0, 0.05) is 6.08 Å². The third-order valence-electron chi connectivity index (χ3n) is 3.45. The topological polar surface area (TPSA) is 37.3 Å². The molecule has 0 radical (unpaired) electrons. The van der Waals surface area contributed by atoms with Gasteiger partial charge in [-0.15, -0.1) is 0 Å². The van der Waals surface area contributed by atoms with E-state index in [4.69, 9.17) is 5.11 Å². The number of hydrogen-bond acceptors (Lipinski definition) is 1. The molecule has 0 atom stereocenters. The number of hydrogen-bond donors (Lipinski definition) is 1. The van der Waals surface area contributed by atoms with E-state index < -0.39 is 5.97 Å². The first-order valence-electron chi connectivity index (χ1n) is 5.34. The van der Waals surface area contributed by atoms with Crippen LogP contribution in [-0.4, -0.2) is 11.1 Å². The molecule has 0 saturated heterocycles. The van der Waals surface area contributed by atoms with Crippen LogP contribution in [0.2, 0.25) is 0 Å². The highest BCUT2D eigenvalue weighted by Gasteiger charge is 2.09. The number of rotatable bonds is 2. The second-order valence-corrected chi connectivity index (χ2v) is 4.21. The molecule has 0 aliphatic rings. The Morgan fingerprint density at radius 3 is 1.62 bits per heavy atom. The summed E-state index contributed by atoms with van der Waals surface area (Å²) in [6, 6.07) is 0. The van der Waals surface area contributed by atoms with E-state index in [1.807, 2.05) is 13.8 Å². The van der Waals surface area contributed by atoms with Gasteiger partial charge in [0.05, 0.1) is 0 Å². The third-order valence-corrected chi connectivity index (χ3v) is 3.45. The first-order chi connectivity index (χ1) is 7.36. The summed E-state index contributed by atoms with van der Waals surface area (Å²) in [5.74, 6) is -0.908. The molecule has 0 heterocycles. The molecule has 0 unspecified atom stereocenters. The maximum atomic E-state index is 10.5. The minimum absolute atomic E-state index is 0.908. The Morgan fingerprint density at radius 2 is 1.25 bits per heavy atom. The lowest BCUT2D eigenvalue weighted by Crippen LogP contribution is -1.99. The summed E-state index contributed by atoms with van der Waals surface area (Å²) in [4.78, 5) is 10.5. The van der Waals surface area contributed by atoms with Crippen molar-refractivity contribution in [2.45, 2.75) is 34.6 Å². The van der Waals surface area contributed by atoms with Crippen molar-refractivity contribution >= 4 is 12.0 Å². The summed E-state index contributed by atoms with van der Waals surface area (Å²) in [7, 11) is 0. The largest absolute Gasteiger partial charge is 0.478 e. The Morgan fingerprint density at radius 1 is 0.875 bits per heavy atom. The molecule has 86 valence electrons. The van der Waals surface area contributed by atoms with Gasteiger partial charge in [0.15, 0.2) is 0 Å². The van der Waals surface area contributed by atoms with Crippen LogP contribution in [0.25, 0.3) is 6.08 Å². The Hall–Kier alpha value is -1.57. The predicted molar refractivity (Wildman–Crippen MR) is 66.8 cm³/mol. The fourth-order valence-electron chi connectivity index (χ4n) is 1.93. The van der Waals surface area contributed by atoms with Crippen LogP contribution < -0.4 is 0 Å². The quantitative estimate of drug-likeness (QED) is 0.773. The van der Waals surface area contributed by atoms with E-state index in [1.54, 1.807) is 6.08 Å². The zero-order valence-corrected chi connectivity index (χ0v) is 10.5. The van der Waals surface area contributed by atoms with Gasteiger partial charge in [0.1, 0.15) is 0 Å². The Labute approximate surface area is 96.6 Å². The van der Waals surface area contributed by atoms with E-state index in [9.17, 15) is 4.79 Å². The van der Waals surface area contributed by atoms with Crippen molar-refractivity contribution in [2.24, 2.45) is 0 Å². The van der Waals surface area contributed by atoms with Crippen LogP contribution in [0.3, 0.4) is 0 Å². The number of aliphatic carboxylic acids is 1. The minimum Gasteiger partial charge on any atom is -0.478 e. The van der Waals surface area contributed by atoms with Crippen LogP contribution in [0.15, 0.2) is 6.08 Å². The molecule has 0 aromatic heterocycles. The number of carboxylic acid groups (broad SMARTS) is 1. The first kappa shape index (κ1) is 12.5. The fourth-order valence-corrected chi connectivity index (χ4v) is 1.93. The number of carbonyl (C=O) groups is 1. The van der Waals surface area contributed by atoms with Crippen molar-refractivity contribution < 1.29 is 9.90 Å². The van der Waals surface area contributed by atoms with E-state index in [2.05, 4.69) is 20.8 Å². The molecule has 0 aliphatic heterocycles. The molecule has 2 heteroatoms. The molecule has 0 fully saturated rings. The van der Waals surface area contributed by atoms with Gasteiger partial charge in [0.25, 0.3) is 0 Å². The zero-order valence-electron chi connectivity index (χ0n) is 10.5. The lowest BCUT2D eigenvalue weighted by atomic mass is 9.89. The monoisotopic (exact) mass is 218 g/mol. The SMILES string of the molecule is Cc1c(C)c(C)c(/C=C\C(=O)O)c(C)c1C. The minimum atomic E-state index is -0.908. The Kier molecular flexibility index (Phi) is 3.53. The van der Waals surface area contributed by atoms with E-state index >= 15 is 0 Å². The summed E-state index contributed by atoms with van der Waals surface area (Å²) in [6.45, 7) is 10.3. The van der Waals surface area contributed by atoms with Gasteiger partial charge in [-0.25, -0.2) is 4.79 Å². The molecule has 1 aromatic carbocycles. The molecule has 1 aromatic rings. The second kappa shape index (κ2) is 4.52. The standard InChI is InChI=1S/C14H18O2/c1-8-9(2)11(4)13(6-7-14(15)16)12(5)10(8)3/h6-7H,1-5H3,(H,15,16)/b7-6-. The van der Waals surface area contributed by atoms with Crippen LogP contribution in [0, 0.1) is 34.6 Å². The average molecular weight is 218 g/mol. The van der Waals surface area contributed by atoms with Gasteiger partial charge in [-0.1, -0.05) is 0 Å². The highest BCUT2D eigenvalue weighted by molar-refractivity contribution is 5.86. The van der Waals surface area contributed by atoms with Crippen LogP contribution in [0.1, 0.15) is 33.4 Å². The van der Waals surface area contributed by atoms with Crippen molar-refractivity contribution in [2.75, 3.05) is 0 Å². The summed E-state index contributed by atoms with van der Waals surface area (Å²) < 4.78 is 0. The zero-order chi connectivity index (χ0) is 12.5. The summed E-state index contributed by atoms with van der Waals surface area (Å²) >= 11 is 0. The fraction of sp³-hybridized carbons (Fsp3) is 0.357. The van der Waals surface area contributed by atoms with Crippen molar-refractivity contribution in [3.05, 3.63) is 39.5 Å². The summed E-state index contributed by atoms with van der Waals surface area (Å²) in [5.41, 5.74) is 7.14. The van der Waals surface area contributed by atoms with Gasteiger partial charge < -0.3 is 5.11 Å². The summed E-state index contributed by atoms with van der Waals surface area (Å²) in [5, 5.41) is 8.66. The maximum absolute atomic E-state index is 10.5. The number of carboxylic acids is 1. The molecule has 1 rings (SSSR count). The molecule has 2 nitrogen and oxygen atoms in total. The lowest BCUT2D eigenvalue weighted by Gasteiger charge is -2.16. The normalized spacial score (nSPS) is 11.1. The van der Waals surface area contributed by atoms with E-state index in [0.29, 0.717) is 0 Å². The molecule has 16 heavy (non-hydrogen) atoms. The van der Waals surface area contributed by atoms with Crippen LogP contribution in [0.5, 0.6) is 0 Å². The molecule has 0 saturated carbocycles. The van der Waals surface area contributed by atoms with E-state index in [0.717, 1.165) is 16.7 Å². The van der Waals surface area contributed by atoms with Gasteiger partial charge >= 0.3 is 5.97 Å². The molecular weight excluding hydrogens is 200 g/mol. The van der Waals surface area contributed by atoms with Crippen molar-refractivity contribution in [3.63, 3.8) is 0 Å². The van der Waals surface area contributed by atoms with Crippen molar-refractivity contribution in [3.8, 4) is 0 Å². The summed E-state index contributed by atoms with van der Waals surface area (Å²) in [6.07, 6.45) is 2.88. The molecule has 1 N–H and O–H groups in total. The van der Waals surface area contributed by atoms with Gasteiger partial charge in [0.2, 0.25) is 0 Å². The maximum Gasteiger partial charge on any atom is 0.328 e. The van der Waals surface area contributed by atoms with Crippen molar-refractivity contribution in [1.29, 1.82) is 0 Å². The Bertz CT molecular complexity index is 439. The smallest absolute Gasteiger partial charge is 0.328 e. The van der Waals surface area contributed by atoms with Crippen LogP contribution >= 0.6 is 0 Å². The first-order valence-corrected chi connectivity index (χ1v) is 5.34. The van der Waals surface area contributed by atoms with E-state index in [-0.39, 0.29) is 0 Å². The van der Waals surface area contributed by atoms with E-state index in [1.165, 1.54) is 22.8 Å². The van der Waals surface area contributed by atoms with Crippen molar-refractivity contribution in [1.82, 2.24) is 0 Å². The third kappa shape index (κ3) is 2.16. The average Bonchev–Trinajstić information content (AvgIpc) is 2.23. The predicted octanol–water partition coefficient (Wildman–Crippen LogP) is 3.33. The molecular formula is C14H18O2. The molecule has 0 aliphatic carbocycles. The highest BCUT2D eigenvalue weighted by atomic mass is 16.4. The lowest BCUT2D eigenvalue weighted by molar-refractivity contribution is -0.131. The molecule has 0 bridgehead atoms. The Balaban J connectivity index is 3.45. The van der Waals surface area contributed by atoms with Gasteiger partial charge in [-0.2, -0.15) is 0 Å².